The molecule has 0 amide bonds. The van der Waals surface area contributed by atoms with Gasteiger partial charge in [-0.1, -0.05) is 13.3 Å². The molecule has 0 aliphatic rings. The van der Waals surface area contributed by atoms with Gasteiger partial charge in [0.05, 0.1) is 6.54 Å². The molecule has 16 heavy (non-hydrogen) atoms. The summed E-state index contributed by atoms with van der Waals surface area (Å²) in [6, 6.07) is 1.26. The van der Waals surface area contributed by atoms with E-state index in [4.69, 9.17) is 0 Å². The summed E-state index contributed by atoms with van der Waals surface area (Å²) < 4.78 is 14.3. The number of rotatable bonds is 4. The average molecular weight is 224 g/mol. The van der Waals surface area contributed by atoms with Crippen molar-refractivity contribution in [2.45, 2.75) is 33.2 Å². The third-order valence-electron chi connectivity index (χ3n) is 2.36. The van der Waals surface area contributed by atoms with Crippen LogP contribution in [0.4, 0.5) is 4.39 Å². The Labute approximate surface area is 94.6 Å². The monoisotopic (exact) mass is 224 g/mol. The zero-order chi connectivity index (χ0) is 12.1. The van der Waals surface area contributed by atoms with E-state index in [1.54, 1.807) is 0 Å². The summed E-state index contributed by atoms with van der Waals surface area (Å²) >= 11 is 0. The summed E-state index contributed by atoms with van der Waals surface area (Å²) in [7, 11) is 1.54. The highest BCUT2D eigenvalue weighted by Crippen LogP contribution is 2.01. The molecule has 0 saturated carbocycles. The summed E-state index contributed by atoms with van der Waals surface area (Å²) in [5.41, 5.74) is 1.21. The van der Waals surface area contributed by atoms with Crippen molar-refractivity contribution in [1.82, 2.24) is 4.57 Å². The molecule has 4 heteroatoms. The molecule has 1 aromatic rings. The normalized spacial score (nSPS) is 11.9. The van der Waals surface area contributed by atoms with Gasteiger partial charge >= 0.3 is 0 Å². The Morgan fingerprint density at radius 3 is 2.88 bits per heavy atom. The molecule has 1 aromatic heterocycles. The van der Waals surface area contributed by atoms with Crippen molar-refractivity contribution in [2.24, 2.45) is 12.0 Å². The number of aryl methyl sites for hydroxylation is 1. The number of hydrogen-bond acceptors (Lipinski definition) is 2. The summed E-state index contributed by atoms with van der Waals surface area (Å²) in [5, 5.41) is 0. The lowest BCUT2D eigenvalue weighted by Crippen LogP contribution is -2.20. The Bertz CT molecular complexity index is 449. The van der Waals surface area contributed by atoms with Crippen molar-refractivity contribution in [3.63, 3.8) is 0 Å². The molecule has 0 saturated heterocycles. The summed E-state index contributed by atoms with van der Waals surface area (Å²) in [6.45, 7) is 4.25. The van der Waals surface area contributed by atoms with Crippen LogP contribution in [0.3, 0.4) is 0 Å². The lowest BCUT2D eigenvalue weighted by Gasteiger charge is -2.02. The molecule has 1 rings (SSSR count). The van der Waals surface area contributed by atoms with Crippen LogP contribution in [0.2, 0.25) is 0 Å². The molecule has 0 aliphatic heterocycles. The first-order valence-electron chi connectivity index (χ1n) is 5.39. The summed E-state index contributed by atoms with van der Waals surface area (Å²) in [6.07, 6.45) is 3.11. The van der Waals surface area contributed by atoms with Crippen LogP contribution < -0.4 is 5.56 Å². The second kappa shape index (κ2) is 5.58. The first kappa shape index (κ1) is 12.6. The molecule has 0 atom stereocenters. The first-order valence-corrected chi connectivity index (χ1v) is 5.39. The van der Waals surface area contributed by atoms with E-state index < -0.39 is 5.82 Å². The maximum atomic E-state index is 13.1. The minimum Gasteiger partial charge on any atom is -0.315 e. The molecule has 0 fully saturated rings. The fourth-order valence-electron chi connectivity index (χ4n) is 1.51. The molecular formula is C12H17FN2O. The van der Waals surface area contributed by atoms with E-state index >= 15 is 0 Å². The van der Waals surface area contributed by atoms with Crippen LogP contribution >= 0.6 is 0 Å². The number of pyridine rings is 1. The minimum absolute atomic E-state index is 0.186. The fraction of sp³-hybridized carbons (Fsp3) is 0.500. The number of aliphatic imine (C=N–C) groups is 1. The van der Waals surface area contributed by atoms with Gasteiger partial charge in [0.15, 0.2) is 0 Å². The predicted octanol–water partition coefficient (Wildman–Crippen LogP) is 2.29. The van der Waals surface area contributed by atoms with Crippen LogP contribution in [-0.2, 0) is 13.6 Å². The van der Waals surface area contributed by atoms with Gasteiger partial charge in [0, 0.05) is 24.5 Å². The molecule has 1 heterocycles. The highest BCUT2D eigenvalue weighted by Gasteiger charge is 2.03. The third-order valence-corrected chi connectivity index (χ3v) is 2.36. The summed E-state index contributed by atoms with van der Waals surface area (Å²) in [5.74, 6) is -0.402. The predicted molar refractivity (Wildman–Crippen MR) is 63.4 cm³/mol. The topological polar surface area (TPSA) is 34.4 Å². The molecular weight excluding hydrogens is 207 g/mol. The van der Waals surface area contributed by atoms with E-state index in [1.807, 2.05) is 6.92 Å². The van der Waals surface area contributed by atoms with Crippen LogP contribution in [0.1, 0.15) is 32.3 Å². The number of hydrogen-bond donors (Lipinski definition) is 0. The smallest absolute Gasteiger partial charge is 0.255 e. The van der Waals surface area contributed by atoms with Crippen molar-refractivity contribution in [3.05, 3.63) is 34.0 Å². The van der Waals surface area contributed by atoms with Gasteiger partial charge in [-0.15, -0.1) is 0 Å². The van der Waals surface area contributed by atoms with Gasteiger partial charge in [0.1, 0.15) is 5.82 Å². The van der Waals surface area contributed by atoms with Gasteiger partial charge in [-0.05, 0) is 19.4 Å². The van der Waals surface area contributed by atoms with E-state index in [0.29, 0.717) is 5.56 Å². The zero-order valence-corrected chi connectivity index (χ0v) is 9.96. The number of nitrogens with zero attached hydrogens (tertiary/aromatic N) is 2. The Balaban J connectivity index is 2.90. The van der Waals surface area contributed by atoms with Crippen molar-refractivity contribution in [2.75, 3.05) is 0 Å². The molecule has 0 radical (unpaired) electrons. The summed E-state index contributed by atoms with van der Waals surface area (Å²) in [4.78, 5) is 15.9. The number of halogens is 1. The van der Waals surface area contributed by atoms with Gasteiger partial charge in [0.25, 0.3) is 5.56 Å². The van der Waals surface area contributed by atoms with Crippen LogP contribution in [0.15, 0.2) is 22.1 Å². The molecule has 0 bridgehead atoms. The Kier molecular flexibility index (Phi) is 4.40. The van der Waals surface area contributed by atoms with Crippen LogP contribution in [0.5, 0.6) is 0 Å². The molecule has 0 spiro atoms. The van der Waals surface area contributed by atoms with Crippen molar-refractivity contribution in [1.29, 1.82) is 0 Å². The van der Waals surface area contributed by atoms with E-state index in [-0.39, 0.29) is 12.1 Å². The highest BCUT2D eigenvalue weighted by molar-refractivity contribution is 5.81. The molecule has 3 nitrogen and oxygen atoms in total. The highest BCUT2D eigenvalue weighted by atomic mass is 19.1. The molecule has 0 aromatic carbocycles. The van der Waals surface area contributed by atoms with Gasteiger partial charge in [-0.25, -0.2) is 4.39 Å². The number of aromatic nitrogens is 1. The van der Waals surface area contributed by atoms with E-state index in [0.717, 1.165) is 18.6 Å². The van der Waals surface area contributed by atoms with Crippen molar-refractivity contribution in [3.8, 4) is 0 Å². The second-order valence-corrected chi connectivity index (χ2v) is 3.90. The van der Waals surface area contributed by atoms with E-state index in [1.165, 1.54) is 23.9 Å². The van der Waals surface area contributed by atoms with Crippen molar-refractivity contribution < 1.29 is 4.39 Å². The van der Waals surface area contributed by atoms with Gasteiger partial charge in [-0.3, -0.25) is 9.79 Å². The Morgan fingerprint density at radius 1 is 1.56 bits per heavy atom. The molecule has 0 aliphatic carbocycles. The lowest BCUT2D eigenvalue weighted by atomic mass is 10.2. The van der Waals surface area contributed by atoms with Gasteiger partial charge in [0.2, 0.25) is 0 Å². The maximum absolute atomic E-state index is 13.1. The van der Waals surface area contributed by atoms with Crippen molar-refractivity contribution >= 4 is 5.71 Å². The van der Waals surface area contributed by atoms with Crippen LogP contribution in [-0.4, -0.2) is 10.3 Å². The standard InChI is InChI=1S/C12H17FN2O/c1-4-5-9(2)14-7-10-6-11(13)8-15(3)12(10)16/h6,8H,4-5,7H2,1-3H3. The third kappa shape index (κ3) is 3.29. The molecule has 0 unspecified atom stereocenters. The largest absolute Gasteiger partial charge is 0.315 e. The van der Waals surface area contributed by atoms with E-state index in [2.05, 4.69) is 11.9 Å². The molecule has 0 N–H and O–H groups in total. The Hall–Kier alpha value is -1.45. The van der Waals surface area contributed by atoms with Crippen LogP contribution in [0.25, 0.3) is 0 Å². The first-order chi connectivity index (χ1) is 7.54. The maximum Gasteiger partial charge on any atom is 0.255 e. The second-order valence-electron chi connectivity index (χ2n) is 3.90. The quantitative estimate of drug-likeness (QED) is 0.722. The van der Waals surface area contributed by atoms with Crippen LogP contribution in [0, 0.1) is 5.82 Å². The molecule has 88 valence electrons. The minimum atomic E-state index is -0.402. The fourth-order valence-corrected chi connectivity index (χ4v) is 1.51. The van der Waals surface area contributed by atoms with Gasteiger partial charge in [-0.2, -0.15) is 0 Å². The zero-order valence-electron chi connectivity index (χ0n) is 9.96. The van der Waals surface area contributed by atoms with Gasteiger partial charge < -0.3 is 4.57 Å². The Morgan fingerprint density at radius 2 is 2.25 bits per heavy atom. The van der Waals surface area contributed by atoms with E-state index in [9.17, 15) is 9.18 Å². The SMILES string of the molecule is CCCC(C)=NCc1cc(F)cn(C)c1=O. The average Bonchev–Trinajstić information content (AvgIpc) is 2.21. The lowest BCUT2D eigenvalue weighted by molar-refractivity contribution is 0.600.